The average Bonchev–Trinajstić information content (AvgIpc) is 3.39. The Morgan fingerprint density at radius 2 is 1.56 bits per heavy atom. The van der Waals surface area contributed by atoms with Crippen LogP contribution in [0.1, 0.15) is 23.2 Å². The molecule has 0 aliphatic heterocycles. The quantitative estimate of drug-likeness (QED) is 0.631. The third kappa shape index (κ3) is 3.53. The summed E-state index contributed by atoms with van der Waals surface area (Å²) in [5, 5.41) is 5.50. The van der Waals surface area contributed by atoms with E-state index in [1.807, 2.05) is 0 Å². The van der Waals surface area contributed by atoms with Gasteiger partial charge in [0.2, 0.25) is 11.8 Å². The Hall–Kier alpha value is -2.73. The molecule has 2 aromatic rings. The first-order valence-electron chi connectivity index (χ1n) is 7.58. The van der Waals surface area contributed by atoms with Gasteiger partial charge in [-0.1, -0.05) is 11.6 Å². The highest BCUT2D eigenvalue weighted by molar-refractivity contribution is 6.33. The molecule has 0 heterocycles. The Bertz CT molecular complexity index is 848. The van der Waals surface area contributed by atoms with E-state index in [4.69, 9.17) is 11.6 Å². The smallest absolute Gasteiger partial charge is 0.240 e. The average molecular weight is 361 g/mol. The van der Waals surface area contributed by atoms with Crippen LogP contribution in [-0.2, 0) is 9.59 Å². The summed E-state index contributed by atoms with van der Waals surface area (Å²) in [6, 6.07) is 9.80. The Balaban J connectivity index is 1.70. The van der Waals surface area contributed by atoms with E-state index in [2.05, 4.69) is 10.6 Å². The van der Waals surface area contributed by atoms with Crippen molar-refractivity contribution in [2.75, 3.05) is 10.6 Å². The number of carbonyl (C=O) groups is 3. The Morgan fingerprint density at radius 3 is 2.08 bits per heavy atom. The molecule has 128 valence electrons. The van der Waals surface area contributed by atoms with Gasteiger partial charge in [0.15, 0.2) is 6.29 Å². The van der Waals surface area contributed by atoms with Gasteiger partial charge < -0.3 is 10.6 Å². The Labute approximate surface area is 148 Å². The van der Waals surface area contributed by atoms with Crippen molar-refractivity contribution >= 4 is 41.1 Å². The number of benzene rings is 2. The molecule has 25 heavy (non-hydrogen) atoms. The van der Waals surface area contributed by atoms with Gasteiger partial charge in [-0.3, -0.25) is 14.4 Å². The number of halogens is 2. The van der Waals surface area contributed by atoms with Crippen LogP contribution in [0.3, 0.4) is 0 Å². The highest BCUT2D eigenvalue weighted by Crippen LogP contribution is 2.47. The summed E-state index contributed by atoms with van der Waals surface area (Å²) in [7, 11) is 0. The van der Waals surface area contributed by atoms with Crippen LogP contribution in [0.15, 0.2) is 42.5 Å². The van der Waals surface area contributed by atoms with Crippen molar-refractivity contribution in [1.82, 2.24) is 0 Å². The first-order chi connectivity index (χ1) is 11.9. The van der Waals surface area contributed by atoms with Crippen LogP contribution in [0.2, 0.25) is 5.02 Å². The Morgan fingerprint density at radius 1 is 1.00 bits per heavy atom. The van der Waals surface area contributed by atoms with Crippen molar-refractivity contribution < 1.29 is 18.8 Å². The second-order valence-corrected chi connectivity index (χ2v) is 6.26. The van der Waals surface area contributed by atoms with Crippen molar-refractivity contribution in [2.45, 2.75) is 12.8 Å². The van der Waals surface area contributed by atoms with Crippen LogP contribution in [0.5, 0.6) is 0 Å². The molecular weight excluding hydrogens is 347 g/mol. The van der Waals surface area contributed by atoms with Gasteiger partial charge in [-0.25, -0.2) is 4.39 Å². The van der Waals surface area contributed by atoms with Crippen molar-refractivity contribution in [3.8, 4) is 0 Å². The SMILES string of the molecule is O=Cc1ccc(NC(=O)C2(C(=O)Nc3ccc(F)cc3)CC2)cc1Cl. The maximum Gasteiger partial charge on any atom is 0.240 e. The molecule has 0 spiro atoms. The maximum absolute atomic E-state index is 12.9. The lowest BCUT2D eigenvalue weighted by Crippen LogP contribution is -2.35. The molecule has 3 rings (SSSR count). The van der Waals surface area contributed by atoms with Gasteiger partial charge in [-0.15, -0.1) is 0 Å². The molecule has 1 saturated carbocycles. The van der Waals surface area contributed by atoms with E-state index in [1.165, 1.54) is 36.4 Å². The van der Waals surface area contributed by atoms with Crippen LogP contribution in [-0.4, -0.2) is 18.1 Å². The summed E-state index contributed by atoms with van der Waals surface area (Å²) in [5.74, 6) is -1.29. The third-order valence-corrected chi connectivity index (χ3v) is 4.43. The Kier molecular flexibility index (Phi) is 4.55. The number of nitrogens with one attached hydrogen (secondary N) is 2. The highest BCUT2D eigenvalue weighted by Gasteiger charge is 2.56. The number of hydrogen-bond acceptors (Lipinski definition) is 3. The second kappa shape index (κ2) is 6.64. The van der Waals surface area contributed by atoms with E-state index < -0.39 is 23.0 Å². The molecule has 0 unspecified atom stereocenters. The fourth-order valence-electron chi connectivity index (χ4n) is 2.42. The zero-order valence-corrected chi connectivity index (χ0v) is 13.8. The molecule has 2 amide bonds. The van der Waals surface area contributed by atoms with Crippen LogP contribution in [0.25, 0.3) is 0 Å². The molecule has 2 aromatic carbocycles. The highest BCUT2D eigenvalue weighted by atomic mass is 35.5. The van der Waals surface area contributed by atoms with Crippen molar-refractivity contribution in [3.63, 3.8) is 0 Å². The first kappa shape index (κ1) is 17.1. The van der Waals surface area contributed by atoms with E-state index in [0.29, 0.717) is 36.1 Å². The standard InChI is InChI=1S/C18H14ClFN2O3/c19-15-9-14(4-1-11(15)10-23)22-17(25)18(7-8-18)16(24)21-13-5-2-12(20)3-6-13/h1-6,9-10H,7-8H2,(H,21,24)(H,22,25). The zero-order chi connectivity index (χ0) is 18.0. The van der Waals surface area contributed by atoms with Gasteiger partial charge in [0, 0.05) is 16.9 Å². The fourth-order valence-corrected chi connectivity index (χ4v) is 2.64. The summed E-state index contributed by atoms with van der Waals surface area (Å²) in [6.07, 6.45) is 1.46. The summed E-state index contributed by atoms with van der Waals surface area (Å²) in [4.78, 5) is 35.7. The van der Waals surface area contributed by atoms with Crippen molar-refractivity contribution in [3.05, 3.63) is 58.9 Å². The van der Waals surface area contributed by atoms with Gasteiger partial charge in [0.25, 0.3) is 0 Å². The lowest BCUT2D eigenvalue weighted by molar-refractivity contribution is -0.131. The lowest BCUT2D eigenvalue weighted by Gasteiger charge is -2.16. The van der Waals surface area contributed by atoms with E-state index in [1.54, 1.807) is 6.07 Å². The molecular formula is C18H14ClFN2O3. The molecule has 1 aliphatic carbocycles. The van der Waals surface area contributed by atoms with Gasteiger partial charge in [-0.2, -0.15) is 0 Å². The predicted octanol–water partition coefficient (Wildman–Crippen LogP) is 3.65. The molecule has 7 heteroatoms. The molecule has 2 N–H and O–H groups in total. The van der Waals surface area contributed by atoms with E-state index in [9.17, 15) is 18.8 Å². The zero-order valence-electron chi connectivity index (χ0n) is 13.0. The summed E-state index contributed by atoms with van der Waals surface area (Å²) < 4.78 is 12.9. The molecule has 0 aromatic heterocycles. The molecule has 1 aliphatic rings. The number of carbonyl (C=O) groups excluding carboxylic acids is 3. The van der Waals surface area contributed by atoms with Crippen LogP contribution >= 0.6 is 11.6 Å². The van der Waals surface area contributed by atoms with E-state index >= 15 is 0 Å². The van der Waals surface area contributed by atoms with Gasteiger partial charge >= 0.3 is 0 Å². The molecule has 5 nitrogen and oxygen atoms in total. The van der Waals surface area contributed by atoms with E-state index in [0.717, 1.165) is 0 Å². The first-order valence-corrected chi connectivity index (χ1v) is 7.96. The van der Waals surface area contributed by atoms with Gasteiger partial charge in [-0.05, 0) is 55.3 Å². The number of aldehydes is 1. The minimum atomic E-state index is -1.15. The molecule has 0 bridgehead atoms. The summed E-state index contributed by atoms with van der Waals surface area (Å²) in [6.45, 7) is 0. The largest absolute Gasteiger partial charge is 0.325 e. The maximum atomic E-state index is 12.9. The van der Waals surface area contributed by atoms with E-state index in [-0.39, 0.29) is 5.02 Å². The number of rotatable bonds is 5. The topological polar surface area (TPSA) is 75.3 Å². The summed E-state index contributed by atoms with van der Waals surface area (Å²) in [5.41, 5.74) is -0.00958. The van der Waals surface area contributed by atoms with Crippen molar-refractivity contribution in [1.29, 1.82) is 0 Å². The number of anilines is 2. The minimum absolute atomic E-state index is 0.216. The number of amides is 2. The van der Waals surface area contributed by atoms with Crippen LogP contribution in [0, 0.1) is 11.2 Å². The van der Waals surface area contributed by atoms with Gasteiger partial charge in [0.1, 0.15) is 11.2 Å². The third-order valence-electron chi connectivity index (χ3n) is 4.11. The monoisotopic (exact) mass is 360 g/mol. The van der Waals surface area contributed by atoms with Gasteiger partial charge in [0.05, 0.1) is 5.02 Å². The van der Waals surface area contributed by atoms with Crippen LogP contribution < -0.4 is 10.6 Å². The fraction of sp³-hybridized carbons (Fsp3) is 0.167. The van der Waals surface area contributed by atoms with Crippen LogP contribution in [0.4, 0.5) is 15.8 Å². The molecule has 0 atom stereocenters. The normalized spacial score (nSPS) is 14.5. The molecule has 1 fully saturated rings. The lowest BCUT2D eigenvalue weighted by atomic mass is 10.0. The minimum Gasteiger partial charge on any atom is -0.325 e. The predicted molar refractivity (Wildman–Crippen MR) is 92.2 cm³/mol. The number of hydrogen-bond donors (Lipinski definition) is 2. The van der Waals surface area contributed by atoms with Crippen molar-refractivity contribution in [2.24, 2.45) is 5.41 Å². The molecule has 0 radical (unpaired) electrons. The summed E-state index contributed by atoms with van der Waals surface area (Å²) >= 11 is 5.93. The molecule has 0 saturated heterocycles. The second-order valence-electron chi connectivity index (χ2n) is 5.85.